The Labute approximate surface area is 437 Å². The van der Waals surface area contributed by atoms with Crippen molar-refractivity contribution in [2.24, 2.45) is 11.3 Å². The lowest BCUT2D eigenvalue weighted by molar-refractivity contribution is -0.172. The molecule has 2 N–H and O–H groups in total. The molecule has 9 aliphatic rings. The maximum atomic E-state index is 15.3. The monoisotopic (exact) mass is 1040 g/mol. The Morgan fingerprint density at radius 3 is 2.43 bits per heavy atom. The first-order valence-electron chi connectivity index (χ1n) is 27.1. The number of benzene rings is 1. The number of esters is 1. The minimum Gasteiger partial charge on any atom is -0.464 e. The average molecular weight is 1040 g/mol. The number of alkyl carbamates (subject to hydrolysis) is 1. The number of pyridine rings is 1. The molecule has 7 fully saturated rings. The number of morpholine rings is 1. The highest BCUT2D eigenvalue weighted by Crippen LogP contribution is 2.58. The highest BCUT2D eigenvalue weighted by atomic mass is 32.1. The second-order valence-corrected chi connectivity index (χ2v) is 24.3. The summed E-state index contributed by atoms with van der Waals surface area (Å²) in [5.74, 6) is -1.13. The molecule has 2 saturated carbocycles. The summed E-state index contributed by atoms with van der Waals surface area (Å²) in [6, 6.07) is 6.92. The van der Waals surface area contributed by atoms with Gasteiger partial charge in [0.25, 0.3) is 5.91 Å². The standard InChI is InChI=1S/C55H73N9O9S/c1-54(2,3)73-53(67)58-46-48(62-17-22-70-23-18-62)50-57-40(30-74-50)32-7-10-41-38(27-32)42-43(55(4,5)31-72-52(66)44-33-25-35(26-33)64(59-44)51(46)65)49(68-6)45-39(47(42)63(41)19-24-71-37-11-20-69-21-12-37)28-36(29-56-45)61-15-13-60(14-16-61)34-8-9-34/h7,10,27-30,33-35,37,43-44,46,48-49,59H,8-9,11-26,31H2,1-6H3,(H,58,67)/t33?,35?,43?,44-,46?,48?,49-/m0/s1. The van der Waals surface area contributed by atoms with Crippen LogP contribution in [0.25, 0.3) is 33.4 Å². The molecular formula is C55H73N9O9S. The first-order valence-corrected chi connectivity index (χ1v) is 28.0. The molecule has 8 bridgehead atoms. The number of thiazole rings is 1. The van der Waals surface area contributed by atoms with Gasteiger partial charge in [0.15, 0.2) is 0 Å². The van der Waals surface area contributed by atoms with E-state index in [2.05, 4.69) is 73.5 Å². The van der Waals surface area contributed by atoms with Crippen molar-refractivity contribution in [3.63, 3.8) is 0 Å². The fourth-order valence-corrected chi connectivity index (χ4v) is 13.9. The molecule has 18 nitrogen and oxygen atoms in total. The molecule has 1 aromatic carbocycles. The molecule has 398 valence electrons. The van der Waals surface area contributed by atoms with E-state index in [1.54, 1.807) is 32.9 Å². The topological polar surface area (TPSA) is 174 Å². The molecule has 3 aliphatic carbocycles. The highest BCUT2D eigenvalue weighted by molar-refractivity contribution is 7.10. The van der Waals surface area contributed by atoms with Gasteiger partial charge in [0.05, 0.1) is 67.5 Å². The van der Waals surface area contributed by atoms with Crippen LogP contribution in [0.4, 0.5) is 10.5 Å². The van der Waals surface area contributed by atoms with Gasteiger partial charge in [-0.2, -0.15) is 0 Å². The van der Waals surface area contributed by atoms with Gasteiger partial charge in [0.1, 0.15) is 28.8 Å². The molecule has 4 aromatic rings. The minimum atomic E-state index is -1.12. The zero-order valence-electron chi connectivity index (χ0n) is 43.8. The third-order valence-electron chi connectivity index (χ3n) is 16.9. The molecule has 2 amide bonds. The van der Waals surface area contributed by atoms with Gasteiger partial charge in [-0.15, -0.1) is 11.3 Å². The quantitative estimate of drug-likeness (QED) is 0.175. The van der Waals surface area contributed by atoms with Crippen molar-refractivity contribution in [2.45, 2.75) is 134 Å². The molecule has 0 spiro atoms. The third-order valence-corrected chi connectivity index (χ3v) is 17.8. The number of amides is 2. The summed E-state index contributed by atoms with van der Waals surface area (Å²) in [4.78, 5) is 62.0. The smallest absolute Gasteiger partial charge is 0.408 e. The number of ether oxygens (including phenoxy) is 6. The fraction of sp³-hybridized carbons (Fsp3) is 0.655. The van der Waals surface area contributed by atoms with Gasteiger partial charge < -0.3 is 43.2 Å². The van der Waals surface area contributed by atoms with Gasteiger partial charge in [-0.05, 0) is 89.0 Å². The Balaban J connectivity index is 1.02. The van der Waals surface area contributed by atoms with Crippen molar-refractivity contribution < 1.29 is 42.8 Å². The van der Waals surface area contributed by atoms with Crippen molar-refractivity contribution in [1.29, 1.82) is 0 Å². The van der Waals surface area contributed by atoms with E-state index in [9.17, 15) is 9.59 Å². The summed E-state index contributed by atoms with van der Waals surface area (Å²) in [7, 11) is 1.77. The van der Waals surface area contributed by atoms with E-state index in [-0.39, 0.29) is 36.5 Å². The van der Waals surface area contributed by atoms with E-state index in [0.29, 0.717) is 70.5 Å². The van der Waals surface area contributed by atoms with Crippen LogP contribution in [-0.2, 0) is 44.6 Å². The van der Waals surface area contributed by atoms with Gasteiger partial charge in [-0.25, -0.2) is 15.2 Å². The number of nitrogens with one attached hydrogen (secondary N) is 2. The van der Waals surface area contributed by atoms with Crippen LogP contribution < -0.4 is 15.6 Å². The third kappa shape index (κ3) is 9.51. The fourth-order valence-electron chi connectivity index (χ4n) is 12.9. The van der Waals surface area contributed by atoms with Crippen molar-refractivity contribution in [1.82, 2.24) is 40.1 Å². The van der Waals surface area contributed by atoms with E-state index in [1.807, 2.05) is 6.20 Å². The molecule has 74 heavy (non-hydrogen) atoms. The van der Waals surface area contributed by atoms with E-state index < -0.39 is 47.3 Å². The van der Waals surface area contributed by atoms with E-state index in [0.717, 1.165) is 95.4 Å². The van der Waals surface area contributed by atoms with Crippen LogP contribution in [0.3, 0.4) is 0 Å². The zero-order valence-corrected chi connectivity index (χ0v) is 44.6. The first-order chi connectivity index (χ1) is 35.7. The van der Waals surface area contributed by atoms with Crippen LogP contribution in [0, 0.1) is 11.3 Å². The van der Waals surface area contributed by atoms with E-state index >= 15 is 4.79 Å². The van der Waals surface area contributed by atoms with Crippen LogP contribution in [0.2, 0.25) is 0 Å². The summed E-state index contributed by atoms with van der Waals surface area (Å²) in [6.45, 7) is 18.2. The number of carbonyl (C=O) groups is 3. The van der Waals surface area contributed by atoms with Crippen LogP contribution in [0.15, 0.2) is 35.8 Å². The number of fused-ring (bicyclic) bond motifs is 6. The molecule has 5 saturated heterocycles. The minimum absolute atomic E-state index is 0.0196. The molecule has 9 heterocycles. The normalized spacial score (nSPS) is 28.8. The summed E-state index contributed by atoms with van der Waals surface area (Å²) in [5, 5.41) is 8.39. The summed E-state index contributed by atoms with van der Waals surface area (Å²) in [5.41, 5.74) is 9.72. The number of nitrogens with zero attached hydrogens (tertiary/aromatic N) is 7. The van der Waals surface area contributed by atoms with Gasteiger partial charge in [0.2, 0.25) is 0 Å². The van der Waals surface area contributed by atoms with Gasteiger partial charge >= 0.3 is 12.1 Å². The van der Waals surface area contributed by atoms with Crippen molar-refractivity contribution in [3.8, 4) is 22.5 Å². The number of cyclic esters (lactones) is 1. The first kappa shape index (κ1) is 50.1. The summed E-state index contributed by atoms with van der Waals surface area (Å²) < 4.78 is 39.6. The van der Waals surface area contributed by atoms with Gasteiger partial charge in [0, 0.05) is 117 Å². The molecular weight excluding hydrogens is 963 g/mol. The predicted molar refractivity (Wildman–Crippen MR) is 279 cm³/mol. The van der Waals surface area contributed by atoms with Crippen LogP contribution in [0.1, 0.15) is 107 Å². The second-order valence-electron chi connectivity index (χ2n) is 23.4. The molecule has 13 rings (SSSR count). The Bertz CT molecular complexity index is 2750. The molecule has 3 aromatic heterocycles. The SMILES string of the molecule is CO[C@@H]1c2ncc(N3CCN(C4CC4)CC3)cc2-c2c3c4cc(ccc4n2CCOC2CCOCC2)-c2csc(n2)C(N2CCOCC2)C(NC(=O)OC(C)(C)C)C(=O)N2N[C@H](C(=O)OCC(C)(C)C31)C1CC2C1. The maximum Gasteiger partial charge on any atom is 0.408 e. The molecule has 19 heteroatoms. The lowest BCUT2D eigenvalue weighted by Gasteiger charge is -2.53. The Morgan fingerprint density at radius 2 is 1.70 bits per heavy atom. The molecule has 3 unspecified atom stereocenters. The lowest BCUT2D eigenvalue weighted by atomic mass is 9.67. The van der Waals surface area contributed by atoms with Crippen molar-refractivity contribution >= 4 is 45.9 Å². The number of hydrogen-bond donors (Lipinski definition) is 2. The van der Waals surface area contributed by atoms with Crippen LogP contribution in [-0.4, -0.2) is 169 Å². The number of hydrogen-bond acceptors (Lipinski definition) is 16. The number of rotatable bonds is 9. The van der Waals surface area contributed by atoms with Gasteiger partial charge in [-0.1, -0.05) is 19.9 Å². The molecule has 5 atom stereocenters. The Hall–Kier alpha value is -4.73. The number of hydrazine groups is 1. The Morgan fingerprint density at radius 1 is 0.946 bits per heavy atom. The zero-order chi connectivity index (χ0) is 51.0. The molecule has 0 radical (unpaired) electrons. The second kappa shape index (κ2) is 20.0. The summed E-state index contributed by atoms with van der Waals surface area (Å²) in [6.07, 6.45) is 6.55. The number of methoxy groups -OCH3 is 1. The number of carbonyl (C=O) groups excluding carboxylic acids is 3. The maximum absolute atomic E-state index is 15.3. The number of piperazine rings is 1. The predicted octanol–water partition coefficient (Wildman–Crippen LogP) is 6.44. The lowest BCUT2D eigenvalue weighted by Crippen LogP contribution is -2.72. The van der Waals surface area contributed by atoms with E-state index in [4.69, 9.17) is 38.4 Å². The van der Waals surface area contributed by atoms with E-state index in [1.165, 1.54) is 24.2 Å². The van der Waals surface area contributed by atoms with Crippen LogP contribution >= 0.6 is 11.3 Å². The average Bonchev–Trinajstić information content (AvgIpc) is 4.05. The number of anilines is 1. The van der Waals surface area contributed by atoms with Crippen LogP contribution in [0.5, 0.6) is 0 Å². The largest absolute Gasteiger partial charge is 0.464 e. The highest BCUT2D eigenvalue weighted by Gasteiger charge is 2.54. The van der Waals surface area contributed by atoms with Crippen molar-refractivity contribution in [3.05, 3.63) is 52.1 Å². The molecule has 6 aliphatic heterocycles. The summed E-state index contributed by atoms with van der Waals surface area (Å²) >= 11 is 1.47. The Kier molecular flexibility index (Phi) is 13.5. The number of aromatic nitrogens is 3. The van der Waals surface area contributed by atoms with Crippen molar-refractivity contribution in [2.75, 3.05) is 90.9 Å². The van der Waals surface area contributed by atoms with Gasteiger partial charge in [-0.3, -0.25) is 29.4 Å².